The van der Waals surface area contributed by atoms with E-state index in [4.69, 9.17) is 11.1 Å². The monoisotopic (exact) mass is 592 g/mol. The van der Waals surface area contributed by atoms with Gasteiger partial charge in [-0.2, -0.15) is 4.72 Å². The highest BCUT2D eigenvalue weighted by atomic mass is 32.2. The van der Waals surface area contributed by atoms with Crippen LogP contribution in [0, 0.1) is 11.3 Å². The first-order chi connectivity index (χ1) is 20.0. The number of sulfonamides is 1. The Bertz CT molecular complexity index is 1590. The average Bonchev–Trinajstić information content (AvgIpc) is 2.96. The standard InChI is InChI=1S/C30H36N6O5S/c1-21(38)34-30(29(31)32,35-42(40,41)25-14-13-22-9-3-4-10-23(22)17-25)18-24(19-36-15-7-2-8-16-36)28(39)26-11-5-6-12-27(26)33-20-37/h3-6,9-14,17,20,24,35H,2,7-8,15-16,18-19H2,1H3,(H3,31,32)(H,33,37)(H,34,38). The molecule has 2 atom stereocenters. The first kappa shape index (κ1) is 30.8. The topological polar surface area (TPSA) is 175 Å². The maximum Gasteiger partial charge on any atom is 0.242 e. The van der Waals surface area contributed by atoms with Crippen LogP contribution in [0.15, 0.2) is 71.6 Å². The molecule has 3 aromatic rings. The minimum atomic E-state index is -4.35. The lowest BCUT2D eigenvalue weighted by molar-refractivity contribution is -0.120. The molecule has 0 radical (unpaired) electrons. The molecule has 4 rings (SSSR count). The van der Waals surface area contributed by atoms with E-state index in [1.54, 1.807) is 42.5 Å². The lowest BCUT2D eigenvalue weighted by Crippen LogP contribution is -2.68. The molecule has 11 nitrogen and oxygen atoms in total. The molecule has 0 bridgehead atoms. The third-order valence-electron chi connectivity index (χ3n) is 7.45. The molecule has 2 amide bonds. The van der Waals surface area contributed by atoms with Gasteiger partial charge in [0.25, 0.3) is 0 Å². The summed E-state index contributed by atoms with van der Waals surface area (Å²) < 4.78 is 30.0. The van der Waals surface area contributed by atoms with Crippen LogP contribution in [0.25, 0.3) is 10.8 Å². The zero-order chi connectivity index (χ0) is 30.3. The second-order valence-corrected chi connectivity index (χ2v) is 12.2. The van der Waals surface area contributed by atoms with Crippen LogP contribution in [0.4, 0.5) is 5.69 Å². The number of hydrogen-bond acceptors (Lipinski definition) is 7. The van der Waals surface area contributed by atoms with Crippen molar-refractivity contribution in [3.8, 4) is 0 Å². The number of benzene rings is 3. The number of rotatable bonds is 13. The van der Waals surface area contributed by atoms with Crippen LogP contribution in [0.3, 0.4) is 0 Å². The number of amidine groups is 1. The van der Waals surface area contributed by atoms with E-state index in [9.17, 15) is 22.8 Å². The number of nitrogens with zero attached hydrogens (tertiary/aromatic N) is 1. The Hall–Kier alpha value is -4.13. The molecule has 1 aliphatic heterocycles. The number of anilines is 1. The van der Waals surface area contributed by atoms with Crippen LogP contribution in [0.1, 0.15) is 43.0 Å². The summed E-state index contributed by atoms with van der Waals surface area (Å²) >= 11 is 0. The number of carbonyl (C=O) groups is 3. The van der Waals surface area contributed by atoms with E-state index in [0.29, 0.717) is 17.5 Å². The largest absolute Gasteiger partial charge is 0.384 e. The Balaban J connectivity index is 1.77. The molecule has 222 valence electrons. The highest BCUT2D eigenvalue weighted by Crippen LogP contribution is 2.28. The van der Waals surface area contributed by atoms with Gasteiger partial charge < -0.3 is 21.3 Å². The molecule has 12 heteroatoms. The number of ketones is 1. The molecule has 6 N–H and O–H groups in total. The lowest BCUT2D eigenvalue weighted by Gasteiger charge is -2.38. The van der Waals surface area contributed by atoms with E-state index in [0.717, 1.165) is 37.7 Å². The molecular weight excluding hydrogens is 556 g/mol. The molecule has 1 heterocycles. The predicted octanol–water partition coefficient (Wildman–Crippen LogP) is 2.83. The number of fused-ring (bicyclic) bond motifs is 1. The first-order valence-electron chi connectivity index (χ1n) is 13.8. The molecule has 1 fully saturated rings. The third-order valence-corrected chi connectivity index (χ3v) is 8.94. The Morgan fingerprint density at radius 2 is 1.69 bits per heavy atom. The zero-order valence-corrected chi connectivity index (χ0v) is 24.2. The van der Waals surface area contributed by atoms with Crippen LogP contribution in [-0.4, -0.2) is 62.6 Å². The third kappa shape index (κ3) is 7.19. The zero-order valence-electron chi connectivity index (χ0n) is 23.4. The van der Waals surface area contributed by atoms with E-state index in [1.165, 1.54) is 19.1 Å². The van der Waals surface area contributed by atoms with Gasteiger partial charge in [0.2, 0.25) is 22.3 Å². The van der Waals surface area contributed by atoms with Crippen molar-refractivity contribution in [2.45, 2.75) is 43.2 Å². The summed E-state index contributed by atoms with van der Waals surface area (Å²) in [7, 11) is -4.35. The van der Waals surface area contributed by atoms with Gasteiger partial charge >= 0.3 is 0 Å². The molecule has 1 aliphatic rings. The average molecular weight is 593 g/mol. The smallest absolute Gasteiger partial charge is 0.242 e. The Morgan fingerprint density at radius 3 is 2.36 bits per heavy atom. The fraction of sp³-hybridized carbons (Fsp3) is 0.333. The molecule has 0 spiro atoms. The maximum atomic E-state index is 14.1. The van der Waals surface area contributed by atoms with Crippen molar-refractivity contribution in [2.75, 3.05) is 25.0 Å². The minimum absolute atomic E-state index is 0.0865. The number of nitrogens with two attached hydrogens (primary N) is 1. The maximum absolute atomic E-state index is 14.1. The van der Waals surface area contributed by atoms with Gasteiger partial charge in [-0.15, -0.1) is 0 Å². The Kier molecular flexibility index (Phi) is 9.71. The van der Waals surface area contributed by atoms with Crippen molar-refractivity contribution in [1.29, 1.82) is 5.41 Å². The van der Waals surface area contributed by atoms with E-state index >= 15 is 0 Å². The highest BCUT2D eigenvalue weighted by molar-refractivity contribution is 7.89. The number of nitrogens with one attached hydrogen (secondary N) is 4. The molecule has 1 saturated heterocycles. The van der Waals surface area contributed by atoms with Gasteiger partial charge in [-0.1, -0.05) is 48.9 Å². The van der Waals surface area contributed by atoms with Gasteiger partial charge in [-0.25, -0.2) is 8.42 Å². The summed E-state index contributed by atoms with van der Waals surface area (Å²) in [6.45, 7) is 2.91. The van der Waals surface area contributed by atoms with Gasteiger partial charge in [0.1, 0.15) is 5.84 Å². The fourth-order valence-corrected chi connectivity index (χ4v) is 6.79. The van der Waals surface area contributed by atoms with Crippen LogP contribution >= 0.6 is 0 Å². The number of carbonyl (C=O) groups excluding carboxylic acids is 3. The van der Waals surface area contributed by atoms with Gasteiger partial charge in [0.05, 0.1) is 10.6 Å². The number of piperidine rings is 1. The molecule has 0 saturated carbocycles. The predicted molar refractivity (Wildman–Crippen MR) is 162 cm³/mol. The van der Waals surface area contributed by atoms with Crippen LogP contribution < -0.4 is 21.1 Å². The van der Waals surface area contributed by atoms with Crippen molar-refractivity contribution in [1.82, 2.24) is 14.9 Å². The minimum Gasteiger partial charge on any atom is -0.384 e. The Morgan fingerprint density at radius 1 is 1.02 bits per heavy atom. The van der Waals surface area contributed by atoms with Crippen LogP contribution in [0.5, 0.6) is 0 Å². The summed E-state index contributed by atoms with van der Waals surface area (Å²) in [6.07, 6.45) is 3.10. The molecule has 0 aromatic heterocycles. The summed E-state index contributed by atoms with van der Waals surface area (Å²) in [4.78, 5) is 39.8. The van der Waals surface area contributed by atoms with Crippen molar-refractivity contribution in [3.05, 3.63) is 72.3 Å². The van der Waals surface area contributed by atoms with Gasteiger partial charge in [0, 0.05) is 31.4 Å². The summed E-state index contributed by atoms with van der Waals surface area (Å²) in [6, 6.07) is 18.4. The van der Waals surface area contributed by atoms with Gasteiger partial charge in [0.15, 0.2) is 11.4 Å². The second-order valence-electron chi connectivity index (χ2n) is 10.5. The Labute approximate surface area is 245 Å². The van der Waals surface area contributed by atoms with Gasteiger partial charge in [-0.05, 0) is 61.0 Å². The number of likely N-dealkylation sites (tertiary alicyclic amines) is 1. The van der Waals surface area contributed by atoms with Gasteiger partial charge in [-0.3, -0.25) is 19.8 Å². The van der Waals surface area contributed by atoms with Crippen molar-refractivity contribution in [3.63, 3.8) is 0 Å². The molecule has 0 aliphatic carbocycles. The fourth-order valence-electron chi connectivity index (χ4n) is 5.44. The number of hydrogen-bond donors (Lipinski definition) is 5. The van der Waals surface area contributed by atoms with Crippen molar-refractivity contribution < 1.29 is 22.8 Å². The van der Waals surface area contributed by atoms with E-state index in [1.807, 2.05) is 12.1 Å². The highest BCUT2D eigenvalue weighted by Gasteiger charge is 2.44. The molecular formula is C30H36N6O5S. The van der Waals surface area contributed by atoms with Crippen LogP contribution in [0.2, 0.25) is 0 Å². The van der Waals surface area contributed by atoms with E-state index in [2.05, 4.69) is 20.3 Å². The summed E-state index contributed by atoms with van der Waals surface area (Å²) in [5, 5.41) is 15.1. The summed E-state index contributed by atoms with van der Waals surface area (Å²) in [5.74, 6) is -2.60. The normalized spacial score (nSPS) is 16.2. The van der Waals surface area contributed by atoms with E-state index < -0.39 is 33.3 Å². The van der Waals surface area contributed by atoms with Crippen molar-refractivity contribution in [2.24, 2.45) is 11.7 Å². The molecule has 3 aromatic carbocycles. The summed E-state index contributed by atoms with van der Waals surface area (Å²) in [5.41, 5.74) is 4.46. The van der Waals surface area contributed by atoms with Crippen molar-refractivity contribution >= 4 is 50.4 Å². The second kappa shape index (κ2) is 13.2. The first-order valence-corrected chi connectivity index (χ1v) is 15.2. The molecule has 42 heavy (non-hydrogen) atoms. The van der Waals surface area contributed by atoms with E-state index in [-0.39, 0.29) is 29.2 Å². The van der Waals surface area contributed by atoms with Crippen LogP contribution in [-0.2, 0) is 19.6 Å². The number of Topliss-reactive ketones (excluding diaryl/α,β-unsaturated/α-hetero) is 1. The number of amides is 2. The number of para-hydroxylation sites is 1. The lowest BCUT2D eigenvalue weighted by atomic mass is 9.86. The quantitative estimate of drug-likeness (QED) is 0.0667. The SMILES string of the molecule is CC(=O)NC(CC(CN1CCCCC1)C(=O)c1ccccc1NC=O)(NS(=O)(=O)c1ccc2ccccc2c1)C(=N)N. The molecule has 2 unspecified atom stereocenters.